The number of carbonyl (C=O) groups is 1. The number of hydrogen-bond donors (Lipinski definition) is 3. The Bertz CT molecular complexity index is 1430. The van der Waals surface area contributed by atoms with Crippen LogP contribution in [0.4, 0.5) is 0 Å². The molecule has 3 N–H and O–H groups in total. The van der Waals surface area contributed by atoms with Crippen molar-refractivity contribution in [3.8, 4) is 17.2 Å². The topological polar surface area (TPSA) is 125 Å². The second-order valence-electron chi connectivity index (χ2n) is 10.1. The minimum Gasteiger partial charge on any atom is -0.508 e. The smallest absolute Gasteiger partial charge is 0.251 e. The van der Waals surface area contributed by atoms with E-state index in [2.05, 4.69) is 5.32 Å². The minimum absolute atomic E-state index is 0.00664. The highest BCUT2D eigenvalue weighted by Gasteiger charge is 2.43. The maximum Gasteiger partial charge on any atom is 0.251 e. The van der Waals surface area contributed by atoms with Crippen LogP contribution < -0.4 is 14.8 Å². The molecule has 3 aromatic rings. The zero-order valence-electron chi connectivity index (χ0n) is 22.3. The summed E-state index contributed by atoms with van der Waals surface area (Å²) in [6.45, 7) is 5.52. The summed E-state index contributed by atoms with van der Waals surface area (Å²) >= 11 is 0. The first-order chi connectivity index (χ1) is 18.5. The lowest BCUT2D eigenvalue weighted by Gasteiger charge is -2.40. The van der Waals surface area contributed by atoms with Crippen LogP contribution in [0.1, 0.15) is 41.8 Å². The van der Waals surface area contributed by atoms with Crippen molar-refractivity contribution in [1.82, 2.24) is 9.62 Å². The number of amides is 1. The van der Waals surface area contributed by atoms with Gasteiger partial charge in [-0.25, -0.2) is 8.42 Å². The number of carbonyl (C=O) groups excluding carboxylic acids is 1. The molecule has 0 fully saturated rings. The summed E-state index contributed by atoms with van der Waals surface area (Å²) in [5.41, 5.74) is -0.140. The molecule has 1 aliphatic heterocycles. The number of benzene rings is 3. The normalized spacial score (nSPS) is 14.4. The van der Waals surface area contributed by atoms with E-state index in [0.717, 1.165) is 9.87 Å². The first-order valence-corrected chi connectivity index (χ1v) is 14.2. The van der Waals surface area contributed by atoms with Gasteiger partial charge in [-0.05, 0) is 54.3 Å². The number of hydrogen-bond acceptors (Lipinski definition) is 7. The Morgan fingerprint density at radius 3 is 2.46 bits per heavy atom. The molecule has 0 aliphatic carbocycles. The molecular weight excluding hydrogens is 520 g/mol. The van der Waals surface area contributed by atoms with Gasteiger partial charge >= 0.3 is 0 Å². The lowest BCUT2D eigenvalue weighted by molar-refractivity contribution is -0.0700. The summed E-state index contributed by atoms with van der Waals surface area (Å²) in [4.78, 5) is 12.8. The lowest BCUT2D eigenvalue weighted by atomic mass is 9.98. The predicted octanol–water partition coefficient (Wildman–Crippen LogP) is 3.83. The van der Waals surface area contributed by atoms with Crippen molar-refractivity contribution < 1.29 is 32.9 Å². The van der Waals surface area contributed by atoms with Gasteiger partial charge in [-0.15, -0.1) is 0 Å². The third-order valence-corrected chi connectivity index (χ3v) is 8.44. The molecule has 0 radical (unpaired) electrons. The summed E-state index contributed by atoms with van der Waals surface area (Å²) in [6.07, 6.45) is -0.0558. The second-order valence-corrected chi connectivity index (χ2v) is 12.0. The first kappa shape index (κ1) is 28.4. The standard InChI is InChI=1S/C29H34N2O7S/c1-20(2)18-31(39(35,36)24-10-12-26-27(16-24)38-19-37-26)29(34,17-22-7-5-4-6-8-22)13-14-30-28(33)25-11-9-23(32)15-21(25)3/h4-12,15-16,20,32,34H,13-14,17-19H2,1-3H3,(H,30,33). The highest BCUT2D eigenvalue weighted by Crippen LogP contribution is 2.37. The van der Waals surface area contributed by atoms with Crippen molar-refractivity contribution in [3.05, 3.63) is 83.4 Å². The van der Waals surface area contributed by atoms with Crippen molar-refractivity contribution in [2.24, 2.45) is 5.92 Å². The predicted molar refractivity (Wildman–Crippen MR) is 146 cm³/mol. The SMILES string of the molecule is Cc1cc(O)ccc1C(=O)NCCC(O)(Cc1ccccc1)N(CC(C)C)S(=O)(=O)c1ccc2c(c1)OCO2. The number of phenols is 1. The Morgan fingerprint density at radius 1 is 1.05 bits per heavy atom. The van der Waals surface area contributed by atoms with Crippen molar-refractivity contribution >= 4 is 15.9 Å². The molecule has 4 rings (SSSR count). The molecule has 208 valence electrons. The van der Waals surface area contributed by atoms with Gasteiger partial charge in [0.1, 0.15) is 11.5 Å². The van der Waals surface area contributed by atoms with Gasteiger partial charge in [0, 0.05) is 37.6 Å². The average Bonchev–Trinajstić information content (AvgIpc) is 3.36. The highest BCUT2D eigenvalue weighted by atomic mass is 32.2. The average molecular weight is 555 g/mol. The number of sulfonamides is 1. The molecule has 0 saturated heterocycles. The molecule has 1 amide bonds. The summed E-state index contributed by atoms with van der Waals surface area (Å²) < 4.78 is 40.0. The fraction of sp³-hybridized carbons (Fsp3) is 0.345. The van der Waals surface area contributed by atoms with Crippen LogP contribution in [-0.2, 0) is 16.4 Å². The molecule has 1 atom stereocenters. The quantitative estimate of drug-likeness (QED) is 0.308. The van der Waals surface area contributed by atoms with Crippen LogP contribution in [-0.4, -0.2) is 54.5 Å². The number of fused-ring (bicyclic) bond motifs is 1. The maximum atomic E-state index is 14.1. The van der Waals surface area contributed by atoms with Crippen molar-refractivity contribution in [2.45, 2.75) is 44.2 Å². The van der Waals surface area contributed by atoms with E-state index < -0.39 is 15.7 Å². The van der Waals surface area contributed by atoms with Gasteiger partial charge in [-0.2, -0.15) is 4.31 Å². The van der Waals surface area contributed by atoms with Gasteiger partial charge in [0.2, 0.25) is 16.8 Å². The molecular formula is C29H34N2O7S. The zero-order valence-corrected chi connectivity index (χ0v) is 23.1. The van der Waals surface area contributed by atoms with E-state index in [4.69, 9.17) is 9.47 Å². The Kier molecular flexibility index (Phi) is 8.48. The van der Waals surface area contributed by atoms with Crippen LogP contribution >= 0.6 is 0 Å². The van der Waals surface area contributed by atoms with E-state index in [-0.39, 0.29) is 55.2 Å². The van der Waals surface area contributed by atoms with Crippen LogP contribution in [0.3, 0.4) is 0 Å². The first-order valence-electron chi connectivity index (χ1n) is 12.8. The van der Waals surface area contributed by atoms with Crippen molar-refractivity contribution in [1.29, 1.82) is 0 Å². The lowest BCUT2D eigenvalue weighted by Crippen LogP contribution is -2.55. The van der Waals surface area contributed by atoms with Crippen LogP contribution in [0.5, 0.6) is 17.2 Å². The Hall–Kier alpha value is -3.60. The molecule has 0 saturated carbocycles. The molecule has 0 aromatic heterocycles. The van der Waals surface area contributed by atoms with E-state index in [9.17, 15) is 23.4 Å². The molecule has 1 aliphatic rings. The van der Waals surface area contributed by atoms with E-state index >= 15 is 0 Å². The van der Waals surface area contributed by atoms with Crippen LogP contribution in [0.15, 0.2) is 71.6 Å². The zero-order chi connectivity index (χ0) is 28.2. The molecule has 3 aromatic carbocycles. The minimum atomic E-state index is -4.20. The van der Waals surface area contributed by atoms with E-state index in [0.29, 0.717) is 22.6 Å². The monoisotopic (exact) mass is 554 g/mol. The third-order valence-electron chi connectivity index (χ3n) is 6.52. The Balaban J connectivity index is 1.66. The van der Waals surface area contributed by atoms with E-state index in [1.54, 1.807) is 13.0 Å². The number of aliphatic hydroxyl groups is 1. The summed E-state index contributed by atoms with van der Waals surface area (Å²) in [6, 6.07) is 18.0. The summed E-state index contributed by atoms with van der Waals surface area (Å²) in [5.74, 6) is 0.341. The number of ether oxygens (including phenoxy) is 2. The molecule has 0 bridgehead atoms. The third kappa shape index (κ3) is 6.52. The molecule has 9 nitrogen and oxygen atoms in total. The van der Waals surface area contributed by atoms with Crippen LogP contribution in [0.25, 0.3) is 0 Å². The Morgan fingerprint density at radius 2 is 1.77 bits per heavy atom. The molecule has 0 spiro atoms. The number of aryl methyl sites for hydroxylation is 1. The van der Waals surface area contributed by atoms with Crippen molar-refractivity contribution in [2.75, 3.05) is 19.9 Å². The number of phenolic OH excluding ortho intramolecular Hbond substituents is 1. The van der Waals surface area contributed by atoms with Gasteiger partial charge in [0.05, 0.1) is 4.90 Å². The Labute approximate surface area is 229 Å². The molecule has 39 heavy (non-hydrogen) atoms. The fourth-order valence-corrected chi connectivity index (χ4v) is 6.43. The van der Waals surface area contributed by atoms with Gasteiger partial charge in [0.25, 0.3) is 5.91 Å². The number of rotatable bonds is 11. The van der Waals surface area contributed by atoms with Gasteiger partial charge in [-0.1, -0.05) is 44.2 Å². The summed E-state index contributed by atoms with van der Waals surface area (Å²) in [7, 11) is -4.20. The van der Waals surface area contributed by atoms with Gasteiger partial charge < -0.3 is 25.0 Å². The number of nitrogens with zero attached hydrogens (tertiary/aromatic N) is 1. The summed E-state index contributed by atoms with van der Waals surface area (Å²) in [5, 5.41) is 24.6. The van der Waals surface area contributed by atoms with E-state index in [1.807, 2.05) is 44.2 Å². The van der Waals surface area contributed by atoms with Crippen LogP contribution in [0.2, 0.25) is 0 Å². The number of aromatic hydroxyl groups is 1. The second kappa shape index (κ2) is 11.6. The van der Waals surface area contributed by atoms with Gasteiger partial charge in [-0.3, -0.25) is 4.79 Å². The van der Waals surface area contributed by atoms with Crippen molar-refractivity contribution in [3.63, 3.8) is 0 Å². The largest absolute Gasteiger partial charge is 0.508 e. The fourth-order valence-electron chi connectivity index (χ4n) is 4.59. The molecule has 10 heteroatoms. The maximum absolute atomic E-state index is 14.1. The highest BCUT2D eigenvalue weighted by molar-refractivity contribution is 7.89. The number of nitrogens with one attached hydrogen (secondary N) is 1. The van der Waals surface area contributed by atoms with E-state index in [1.165, 1.54) is 30.3 Å². The van der Waals surface area contributed by atoms with Crippen LogP contribution in [0, 0.1) is 12.8 Å². The molecule has 1 unspecified atom stereocenters. The molecule has 1 heterocycles. The van der Waals surface area contributed by atoms with Gasteiger partial charge in [0.15, 0.2) is 11.5 Å².